The largest absolute Gasteiger partial charge is 0.466 e. The molecule has 2 atom stereocenters. The molecule has 6 heteroatoms. The third kappa shape index (κ3) is 45.9. The van der Waals surface area contributed by atoms with Gasteiger partial charge in [0.15, 0.2) is 0 Å². The summed E-state index contributed by atoms with van der Waals surface area (Å²) in [7, 11) is 0. The molecule has 350 valence electrons. The molecule has 6 nitrogen and oxygen atoms in total. The second-order valence-corrected chi connectivity index (χ2v) is 18.2. The Labute approximate surface area is 368 Å². The predicted octanol–water partition coefficient (Wildman–Crippen LogP) is 15.7. The highest BCUT2D eigenvalue weighted by Gasteiger charge is 2.20. The van der Waals surface area contributed by atoms with Gasteiger partial charge in [-0.05, 0) is 51.4 Å². The molecule has 0 aliphatic carbocycles. The van der Waals surface area contributed by atoms with E-state index in [4.69, 9.17) is 4.74 Å². The third-order valence-corrected chi connectivity index (χ3v) is 12.3. The predicted molar refractivity (Wildman–Crippen MR) is 255 cm³/mol. The number of aliphatic hydroxyl groups is 2. The Morgan fingerprint density at radius 2 is 0.797 bits per heavy atom. The SMILES string of the molecule is CCCCCCCC/C=C\CCCCCCCC(=O)OCCCCCCCCCCCCCCCCCCCCC(=O)NC(CO)C(O)CCCCCCCCCCC. The molecule has 0 rings (SSSR count). The van der Waals surface area contributed by atoms with E-state index in [-0.39, 0.29) is 18.5 Å². The smallest absolute Gasteiger partial charge is 0.305 e. The van der Waals surface area contributed by atoms with Crippen molar-refractivity contribution in [2.45, 2.75) is 302 Å². The fourth-order valence-corrected chi connectivity index (χ4v) is 8.22. The molecule has 3 N–H and O–H groups in total. The van der Waals surface area contributed by atoms with Crippen LogP contribution in [0.5, 0.6) is 0 Å². The average molecular weight is 834 g/mol. The summed E-state index contributed by atoms with van der Waals surface area (Å²) in [6.45, 7) is 4.92. The minimum Gasteiger partial charge on any atom is -0.466 e. The van der Waals surface area contributed by atoms with E-state index in [9.17, 15) is 19.8 Å². The van der Waals surface area contributed by atoms with E-state index in [2.05, 4.69) is 31.3 Å². The molecular formula is C53H103NO5. The van der Waals surface area contributed by atoms with E-state index >= 15 is 0 Å². The summed E-state index contributed by atoms with van der Waals surface area (Å²) in [5, 5.41) is 23.1. The molecular weight excluding hydrogens is 731 g/mol. The summed E-state index contributed by atoms with van der Waals surface area (Å²) in [6.07, 6.45) is 56.2. The summed E-state index contributed by atoms with van der Waals surface area (Å²) in [4.78, 5) is 24.4. The van der Waals surface area contributed by atoms with E-state index in [1.807, 2.05) is 0 Å². The van der Waals surface area contributed by atoms with Gasteiger partial charge in [-0.25, -0.2) is 0 Å². The third-order valence-electron chi connectivity index (χ3n) is 12.3. The quantitative estimate of drug-likeness (QED) is 0.0322. The van der Waals surface area contributed by atoms with Crippen molar-refractivity contribution in [2.75, 3.05) is 13.2 Å². The van der Waals surface area contributed by atoms with Gasteiger partial charge in [0, 0.05) is 12.8 Å². The molecule has 0 fully saturated rings. The van der Waals surface area contributed by atoms with E-state index < -0.39 is 12.1 Å². The summed E-state index contributed by atoms with van der Waals surface area (Å²) >= 11 is 0. The second kappa shape index (κ2) is 49.3. The highest BCUT2D eigenvalue weighted by atomic mass is 16.5. The van der Waals surface area contributed by atoms with Crippen LogP contribution in [-0.2, 0) is 14.3 Å². The van der Waals surface area contributed by atoms with Gasteiger partial charge in [-0.1, -0.05) is 238 Å². The Hall–Kier alpha value is -1.40. The minimum absolute atomic E-state index is 0.000660. The van der Waals surface area contributed by atoms with Gasteiger partial charge in [-0.3, -0.25) is 9.59 Å². The Bertz CT molecular complexity index is 878. The number of amides is 1. The van der Waals surface area contributed by atoms with E-state index in [1.165, 1.54) is 212 Å². The molecule has 0 aromatic rings. The number of carbonyl (C=O) groups is 2. The molecule has 0 spiro atoms. The summed E-state index contributed by atoms with van der Waals surface area (Å²) in [6, 6.07) is -0.541. The van der Waals surface area contributed by atoms with E-state index in [0.717, 1.165) is 44.9 Å². The van der Waals surface area contributed by atoms with Crippen molar-refractivity contribution in [1.82, 2.24) is 5.32 Å². The van der Waals surface area contributed by atoms with Crippen LogP contribution in [0.25, 0.3) is 0 Å². The first-order valence-electron chi connectivity index (χ1n) is 26.4. The molecule has 0 bridgehead atoms. The molecule has 0 aromatic heterocycles. The lowest BCUT2D eigenvalue weighted by atomic mass is 10.0. The topological polar surface area (TPSA) is 95.9 Å². The van der Waals surface area contributed by atoms with Gasteiger partial charge >= 0.3 is 5.97 Å². The Morgan fingerprint density at radius 1 is 0.458 bits per heavy atom. The second-order valence-electron chi connectivity index (χ2n) is 18.2. The van der Waals surface area contributed by atoms with Crippen molar-refractivity contribution in [3.05, 3.63) is 12.2 Å². The van der Waals surface area contributed by atoms with Crippen LogP contribution in [0, 0.1) is 0 Å². The number of ether oxygens (including phenoxy) is 1. The molecule has 59 heavy (non-hydrogen) atoms. The molecule has 0 saturated carbocycles. The van der Waals surface area contributed by atoms with Gasteiger partial charge in [-0.2, -0.15) is 0 Å². The number of aliphatic hydroxyl groups excluding tert-OH is 2. The van der Waals surface area contributed by atoms with Gasteiger partial charge in [0.25, 0.3) is 0 Å². The van der Waals surface area contributed by atoms with E-state index in [0.29, 0.717) is 25.9 Å². The first kappa shape index (κ1) is 57.6. The van der Waals surface area contributed by atoms with Gasteiger partial charge in [-0.15, -0.1) is 0 Å². The van der Waals surface area contributed by atoms with Gasteiger partial charge in [0.05, 0.1) is 25.4 Å². The number of nitrogens with one attached hydrogen (secondary N) is 1. The van der Waals surface area contributed by atoms with Crippen LogP contribution in [-0.4, -0.2) is 47.4 Å². The van der Waals surface area contributed by atoms with Crippen LogP contribution in [0.4, 0.5) is 0 Å². The number of allylic oxidation sites excluding steroid dienone is 2. The number of esters is 1. The summed E-state index contributed by atoms with van der Waals surface area (Å²) < 4.78 is 5.47. The summed E-state index contributed by atoms with van der Waals surface area (Å²) in [5.74, 6) is -0.0418. The van der Waals surface area contributed by atoms with Crippen molar-refractivity contribution in [3.63, 3.8) is 0 Å². The number of hydrogen-bond donors (Lipinski definition) is 3. The van der Waals surface area contributed by atoms with Gasteiger partial charge in [0.1, 0.15) is 0 Å². The van der Waals surface area contributed by atoms with Crippen LogP contribution in [0.3, 0.4) is 0 Å². The maximum Gasteiger partial charge on any atom is 0.305 e. The molecule has 0 aliphatic heterocycles. The standard InChI is InChI=1S/C53H103NO5/c1-3-5-7-9-11-13-14-15-20-24-27-31-35-39-43-47-53(58)59-48-44-40-36-32-28-25-22-19-17-16-18-21-23-26-30-34-38-42-46-52(57)54-50(49-55)51(56)45-41-37-33-29-12-10-8-6-4-2/h15,20,50-51,55-56H,3-14,16-19,21-49H2,1-2H3,(H,54,57)/b20-15-. The molecule has 0 saturated heterocycles. The lowest BCUT2D eigenvalue weighted by Gasteiger charge is -2.22. The molecule has 0 aromatic carbocycles. The molecule has 0 aliphatic rings. The maximum absolute atomic E-state index is 12.4. The zero-order valence-corrected chi connectivity index (χ0v) is 39.7. The Kier molecular flexibility index (Phi) is 48.1. The van der Waals surface area contributed by atoms with Crippen molar-refractivity contribution >= 4 is 11.9 Å². The normalized spacial score (nSPS) is 12.7. The molecule has 0 heterocycles. The zero-order chi connectivity index (χ0) is 43.0. The fourth-order valence-electron chi connectivity index (χ4n) is 8.22. The van der Waals surface area contributed by atoms with E-state index in [1.54, 1.807) is 0 Å². The number of unbranched alkanes of at least 4 members (excludes halogenated alkanes) is 36. The molecule has 0 radical (unpaired) electrons. The van der Waals surface area contributed by atoms with Crippen LogP contribution in [0.15, 0.2) is 12.2 Å². The fraction of sp³-hybridized carbons (Fsp3) is 0.925. The lowest BCUT2D eigenvalue weighted by molar-refractivity contribution is -0.143. The molecule has 2 unspecified atom stereocenters. The number of hydrogen-bond acceptors (Lipinski definition) is 5. The van der Waals surface area contributed by atoms with Crippen molar-refractivity contribution < 1.29 is 24.5 Å². The van der Waals surface area contributed by atoms with Crippen LogP contribution in [0.1, 0.15) is 290 Å². The lowest BCUT2D eigenvalue weighted by Crippen LogP contribution is -2.45. The van der Waals surface area contributed by atoms with Crippen molar-refractivity contribution in [1.29, 1.82) is 0 Å². The molecule has 1 amide bonds. The summed E-state index contributed by atoms with van der Waals surface area (Å²) in [5.41, 5.74) is 0. The van der Waals surface area contributed by atoms with Crippen molar-refractivity contribution in [2.24, 2.45) is 0 Å². The maximum atomic E-state index is 12.4. The zero-order valence-electron chi connectivity index (χ0n) is 39.7. The van der Waals surface area contributed by atoms with Crippen LogP contribution < -0.4 is 5.32 Å². The van der Waals surface area contributed by atoms with Crippen molar-refractivity contribution in [3.8, 4) is 0 Å². The van der Waals surface area contributed by atoms with Gasteiger partial charge < -0.3 is 20.3 Å². The first-order chi connectivity index (χ1) is 29.0. The van der Waals surface area contributed by atoms with Crippen LogP contribution in [0.2, 0.25) is 0 Å². The first-order valence-corrected chi connectivity index (χ1v) is 26.4. The minimum atomic E-state index is -0.664. The highest BCUT2D eigenvalue weighted by molar-refractivity contribution is 5.76. The number of carbonyl (C=O) groups excluding carboxylic acids is 2. The van der Waals surface area contributed by atoms with Gasteiger partial charge in [0.2, 0.25) is 5.91 Å². The monoisotopic (exact) mass is 834 g/mol. The number of rotatable bonds is 49. The Morgan fingerprint density at radius 3 is 1.20 bits per heavy atom. The highest BCUT2D eigenvalue weighted by Crippen LogP contribution is 2.17. The average Bonchev–Trinajstić information content (AvgIpc) is 3.24. The van der Waals surface area contributed by atoms with Crippen LogP contribution >= 0.6 is 0 Å². The Balaban J connectivity index is 3.37.